The van der Waals surface area contributed by atoms with Gasteiger partial charge in [0.25, 0.3) is 0 Å². The highest BCUT2D eigenvalue weighted by Crippen LogP contribution is 2.28. The lowest BCUT2D eigenvalue weighted by atomic mass is 10.1. The number of nitrogens with one attached hydrogen (secondary N) is 1. The molecule has 3 aromatic rings. The topological polar surface area (TPSA) is 74.1 Å². The van der Waals surface area contributed by atoms with Crippen molar-refractivity contribution in [1.29, 1.82) is 0 Å². The number of imidazole rings is 1. The predicted molar refractivity (Wildman–Crippen MR) is 100 cm³/mol. The highest BCUT2D eigenvalue weighted by atomic mass is 16.5. The van der Waals surface area contributed by atoms with Crippen LogP contribution >= 0.6 is 0 Å². The molecule has 0 atom stereocenters. The zero-order valence-corrected chi connectivity index (χ0v) is 15.2. The van der Waals surface area contributed by atoms with Gasteiger partial charge in [-0.05, 0) is 37.0 Å². The SMILES string of the molecule is COc1ccc(CCNc2ncnc3c2nc2n3CCCC2)cc1OC. The van der Waals surface area contributed by atoms with Crippen molar-refractivity contribution in [1.82, 2.24) is 19.5 Å². The molecular weight excluding hydrogens is 330 g/mol. The fraction of sp³-hybridized carbons (Fsp3) is 0.421. The Balaban J connectivity index is 1.49. The third-order valence-corrected chi connectivity index (χ3v) is 4.80. The van der Waals surface area contributed by atoms with Crippen LogP contribution in [0.5, 0.6) is 11.5 Å². The van der Waals surface area contributed by atoms with Gasteiger partial charge in [0.05, 0.1) is 14.2 Å². The van der Waals surface area contributed by atoms with Gasteiger partial charge in [-0.3, -0.25) is 0 Å². The van der Waals surface area contributed by atoms with Gasteiger partial charge in [0.15, 0.2) is 28.5 Å². The molecule has 0 saturated carbocycles. The van der Waals surface area contributed by atoms with Crippen LogP contribution in [0.1, 0.15) is 24.2 Å². The second-order valence-corrected chi connectivity index (χ2v) is 6.40. The molecule has 0 fully saturated rings. The Kier molecular flexibility index (Phi) is 4.60. The number of nitrogens with zero attached hydrogens (tertiary/aromatic N) is 4. The highest BCUT2D eigenvalue weighted by molar-refractivity contribution is 5.83. The first-order valence-corrected chi connectivity index (χ1v) is 8.95. The molecule has 0 unspecified atom stereocenters. The van der Waals surface area contributed by atoms with E-state index in [4.69, 9.17) is 14.5 Å². The van der Waals surface area contributed by atoms with Gasteiger partial charge in [0, 0.05) is 19.5 Å². The van der Waals surface area contributed by atoms with Crippen molar-refractivity contribution in [3.05, 3.63) is 35.9 Å². The van der Waals surface area contributed by atoms with E-state index in [0.29, 0.717) is 0 Å². The van der Waals surface area contributed by atoms with Gasteiger partial charge in [0.1, 0.15) is 12.2 Å². The number of benzene rings is 1. The quantitative estimate of drug-likeness (QED) is 0.734. The second-order valence-electron chi connectivity index (χ2n) is 6.40. The summed E-state index contributed by atoms with van der Waals surface area (Å²) in [7, 11) is 3.29. The number of methoxy groups -OCH3 is 2. The molecule has 4 rings (SSSR count). The Morgan fingerprint density at radius 2 is 2.00 bits per heavy atom. The minimum atomic E-state index is 0.741. The summed E-state index contributed by atoms with van der Waals surface area (Å²) in [6, 6.07) is 5.99. The molecule has 0 spiro atoms. The monoisotopic (exact) mass is 353 g/mol. The molecule has 136 valence electrons. The van der Waals surface area contributed by atoms with Crippen LogP contribution in [0.3, 0.4) is 0 Å². The fourth-order valence-corrected chi connectivity index (χ4v) is 3.45. The molecule has 0 saturated heterocycles. The Labute approximate surface area is 152 Å². The number of hydrogen-bond acceptors (Lipinski definition) is 6. The van der Waals surface area contributed by atoms with Gasteiger partial charge in [0.2, 0.25) is 0 Å². The van der Waals surface area contributed by atoms with Crippen LogP contribution in [0.4, 0.5) is 5.82 Å². The van der Waals surface area contributed by atoms with E-state index in [-0.39, 0.29) is 0 Å². The second kappa shape index (κ2) is 7.19. The molecule has 1 aliphatic heterocycles. The molecule has 26 heavy (non-hydrogen) atoms. The summed E-state index contributed by atoms with van der Waals surface area (Å²) < 4.78 is 12.9. The summed E-state index contributed by atoms with van der Waals surface area (Å²) in [6.45, 7) is 1.75. The zero-order chi connectivity index (χ0) is 17.9. The van der Waals surface area contributed by atoms with E-state index in [1.54, 1.807) is 20.5 Å². The maximum atomic E-state index is 5.37. The Morgan fingerprint density at radius 3 is 2.85 bits per heavy atom. The van der Waals surface area contributed by atoms with Crippen molar-refractivity contribution in [2.75, 3.05) is 26.1 Å². The summed E-state index contributed by atoms with van der Waals surface area (Å²) in [4.78, 5) is 13.6. The molecule has 7 nitrogen and oxygen atoms in total. The lowest BCUT2D eigenvalue weighted by molar-refractivity contribution is 0.354. The molecule has 0 amide bonds. The van der Waals surface area contributed by atoms with Crippen LogP contribution in [0.25, 0.3) is 11.2 Å². The summed E-state index contributed by atoms with van der Waals surface area (Å²) in [5.74, 6) is 3.41. The molecule has 1 aromatic carbocycles. The molecule has 3 heterocycles. The number of ether oxygens (including phenoxy) is 2. The van der Waals surface area contributed by atoms with E-state index in [1.165, 1.54) is 18.4 Å². The van der Waals surface area contributed by atoms with Crippen LogP contribution in [-0.2, 0) is 19.4 Å². The lowest BCUT2D eigenvalue weighted by Crippen LogP contribution is -2.10. The minimum Gasteiger partial charge on any atom is -0.493 e. The third-order valence-electron chi connectivity index (χ3n) is 4.80. The maximum Gasteiger partial charge on any atom is 0.165 e. The largest absolute Gasteiger partial charge is 0.493 e. The minimum absolute atomic E-state index is 0.741. The van der Waals surface area contributed by atoms with E-state index in [9.17, 15) is 0 Å². The number of aromatic nitrogens is 4. The van der Waals surface area contributed by atoms with Crippen LogP contribution in [0.15, 0.2) is 24.5 Å². The van der Waals surface area contributed by atoms with Gasteiger partial charge >= 0.3 is 0 Å². The van der Waals surface area contributed by atoms with E-state index in [2.05, 4.69) is 19.9 Å². The van der Waals surface area contributed by atoms with Gasteiger partial charge in [-0.1, -0.05) is 6.07 Å². The average molecular weight is 353 g/mol. The average Bonchev–Trinajstić information content (AvgIpc) is 3.07. The molecule has 2 aromatic heterocycles. The van der Waals surface area contributed by atoms with E-state index >= 15 is 0 Å². The van der Waals surface area contributed by atoms with Gasteiger partial charge < -0.3 is 19.4 Å². The summed E-state index contributed by atoms with van der Waals surface area (Å²) in [5, 5.41) is 3.41. The normalized spacial score (nSPS) is 13.5. The standard InChI is InChI=1S/C19H23N5O2/c1-25-14-7-6-13(11-15(14)26-2)8-9-20-18-17-19(22-12-21-18)24-10-4-3-5-16(24)23-17/h6-7,11-12H,3-5,8-10H2,1-2H3,(H,20,21,22). The number of aryl methyl sites for hydroxylation is 2. The van der Waals surface area contributed by atoms with Crippen LogP contribution in [0, 0.1) is 0 Å². The van der Waals surface area contributed by atoms with Crippen molar-refractivity contribution in [3.8, 4) is 11.5 Å². The van der Waals surface area contributed by atoms with Crippen LogP contribution < -0.4 is 14.8 Å². The number of rotatable bonds is 6. The van der Waals surface area contributed by atoms with Crippen LogP contribution in [-0.4, -0.2) is 40.3 Å². The van der Waals surface area contributed by atoms with Crippen molar-refractivity contribution in [3.63, 3.8) is 0 Å². The molecular formula is C19H23N5O2. The van der Waals surface area contributed by atoms with Gasteiger partial charge in [-0.25, -0.2) is 15.0 Å². The highest BCUT2D eigenvalue weighted by Gasteiger charge is 2.18. The third kappa shape index (κ3) is 3.05. The molecule has 0 radical (unpaired) electrons. The van der Waals surface area contributed by atoms with Crippen LogP contribution in [0.2, 0.25) is 0 Å². The summed E-state index contributed by atoms with van der Waals surface area (Å²) in [6.07, 6.45) is 5.86. The first kappa shape index (κ1) is 16.6. The van der Waals surface area contributed by atoms with E-state index < -0.39 is 0 Å². The molecule has 7 heteroatoms. The van der Waals surface area contributed by atoms with Crippen molar-refractivity contribution >= 4 is 17.0 Å². The van der Waals surface area contributed by atoms with Gasteiger partial charge in [-0.15, -0.1) is 0 Å². The number of anilines is 1. The fourth-order valence-electron chi connectivity index (χ4n) is 3.45. The van der Waals surface area contributed by atoms with Crippen molar-refractivity contribution in [2.24, 2.45) is 0 Å². The van der Waals surface area contributed by atoms with Crippen molar-refractivity contribution < 1.29 is 9.47 Å². The molecule has 1 N–H and O–H groups in total. The predicted octanol–water partition coefficient (Wildman–Crippen LogP) is 2.83. The summed E-state index contributed by atoms with van der Waals surface area (Å²) >= 11 is 0. The molecule has 0 bridgehead atoms. The Morgan fingerprint density at radius 1 is 1.12 bits per heavy atom. The van der Waals surface area contributed by atoms with E-state index in [1.807, 2.05) is 18.2 Å². The zero-order valence-electron chi connectivity index (χ0n) is 15.2. The first-order chi connectivity index (χ1) is 12.8. The number of fused-ring (bicyclic) bond motifs is 3. The first-order valence-electron chi connectivity index (χ1n) is 8.95. The number of hydrogen-bond donors (Lipinski definition) is 1. The smallest absolute Gasteiger partial charge is 0.165 e. The Bertz CT molecular complexity index is 922. The Hall–Kier alpha value is -2.83. The molecule has 0 aliphatic carbocycles. The van der Waals surface area contributed by atoms with Crippen molar-refractivity contribution in [2.45, 2.75) is 32.2 Å². The van der Waals surface area contributed by atoms with Gasteiger partial charge in [-0.2, -0.15) is 0 Å². The lowest BCUT2D eigenvalue weighted by Gasteiger charge is -2.13. The maximum absolute atomic E-state index is 5.37. The molecule has 1 aliphatic rings. The summed E-state index contributed by atoms with van der Waals surface area (Å²) in [5.41, 5.74) is 2.98. The van der Waals surface area contributed by atoms with E-state index in [0.717, 1.165) is 60.2 Å².